The second kappa shape index (κ2) is 8.36. The smallest absolute Gasteiger partial charge is 0.174 e. The maximum atomic E-state index is 10.6. The number of thiocarbonyl (C=S) groups is 1. The van der Waals surface area contributed by atoms with Crippen molar-refractivity contribution in [2.24, 2.45) is 0 Å². The molecule has 2 atom stereocenters. The van der Waals surface area contributed by atoms with Gasteiger partial charge in [-0.15, -0.1) is 0 Å². The first-order chi connectivity index (χ1) is 15.7. The largest absolute Gasteiger partial charge is 0.506 e. The van der Waals surface area contributed by atoms with Gasteiger partial charge in [0.2, 0.25) is 0 Å². The molecular weight excluding hydrogens is 420 g/mol. The van der Waals surface area contributed by atoms with Crippen LogP contribution >= 0.6 is 12.2 Å². The zero-order valence-corrected chi connectivity index (χ0v) is 18.2. The van der Waals surface area contributed by atoms with Gasteiger partial charge in [0.05, 0.1) is 24.5 Å². The molecule has 2 aromatic heterocycles. The van der Waals surface area contributed by atoms with E-state index in [1.54, 1.807) is 25.4 Å². The summed E-state index contributed by atoms with van der Waals surface area (Å²) in [6, 6.07) is 24.6. The van der Waals surface area contributed by atoms with Crippen molar-refractivity contribution in [2.45, 2.75) is 12.1 Å². The van der Waals surface area contributed by atoms with Crippen molar-refractivity contribution >= 4 is 23.0 Å². The minimum atomic E-state index is -0.244. The molecule has 2 N–H and O–H groups in total. The van der Waals surface area contributed by atoms with Gasteiger partial charge in [-0.25, -0.2) is 0 Å². The topological polar surface area (TPSA) is 62.5 Å². The predicted molar refractivity (Wildman–Crippen MR) is 128 cm³/mol. The van der Waals surface area contributed by atoms with E-state index in [-0.39, 0.29) is 17.8 Å². The molecule has 2 aromatic carbocycles. The number of methoxy groups -OCH3 is 1. The van der Waals surface area contributed by atoms with Crippen LogP contribution in [-0.2, 0) is 0 Å². The molecule has 5 rings (SSSR count). The van der Waals surface area contributed by atoms with E-state index < -0.39 is 0 Å². The Labute approximate surface area is 191 Å². The summed E-state index contributed by atoms with van der Waals surface area (Å²) >= 11 is 5.76. The molecule has 160 valence electrons. The van der Waals surface area contributed by atoms with Crippen LogP contribution in [0.25, 0.3) is 5.69 Å². The molecule has 0 bridgehead atoms. The number of phenolic OH excluding ortho intramolecular Hbond substituents is 1. The van der Waals surface area contributed by atoms with Crippen LogP contribution in [-0.4, -0.2) is 26.9 Å². The van der Waals surface area contributed by atoms with Crippen LogP contribution in [0.3, 0.4) is 0 Å². The van der Waals surface area contributed by atoms with Crippen molar-refractivity contribution in [3.05, 3.63) is 103 Å². The lowest BCUT2D eigenvalue weighted by atomic mass is 10.0. The first kappa shape index (κ1) is 20.1. The first-order valence-electron chi connectivity index (χ1n) is 10.3. The van der Waals surface area contributed by atoms with Crippen LogP contribution in [0.2, 0.25) is 0 Å². The molecule has 0 aliphatic carbocycles. The molecular formula is C25H22N4O2S. The van der Waals surface area contributed by atoms with E-state index in [2.05, 4.69) is 20.9 Å². The van der Waals surface area contributed by atoms with Crippen LogP contribution in [0.1, 0.15) is 23.5 Å². The number of para-hydroxylation sites is 2. The molecule has 1 aliphatic rings. The third-order valence-corrected chi connectivity index (χ3v) is 5.97. The Morgan fingerprint density at radius 2 is 1.84 bits per heavy atom. The molecule has 6 nitrogen and oxygen atoms in total. The fraction of sp³-hybridized carbons (Fsp3) is 0.120. The Morgan fingerprint density at radius 1 is 1.00 bits per heavy atom. The summed E-state index contributed by atoms with van der Waals surface area (Å²) in [5.74, 6) is 0.948. The van der Waals surface area contributed by atoms with E-state index in [4.69, 9.17) is 17.0 Å². The Balaban J connectivity index is 1.68. The molecule has 0 radical (unpaired) electrons. The predicted octanol–water partition coefficient (Wildman–Crippen LogP) is 4.76. The lowest BCUT2D eigenvalue weighted by molar-refractivity contribution is 0.414. The standard InChI is InChI=1S/C25H22N4O2S/c1-31-18-9-6-8-17(16-18)28-15-7-12-21(28)24-23(19-10-4-5-14-26-19)27-25(32)29(24)20-11-2-3-13-22(20)30/h2-16,23-24,30H,1H3,(H,27,32)/t23-,24+/m1/s1. The first-order valence-corrected chi connectivity index (χ1v) is 10.7. The zero-order valence-electron chi connectivity index (χ0n) is 17.4. The lowest BCUT2D eigenvalue weighted by Crippen LogP contribution is -2.30. The van der Waals surface area contributed by atoms with E-state index in [1.807, 2.05) is 71.8 Å². The van der Waals surface area contributed by atoms with Gasteiger partial charge in [0.1, 0.15) is 17.5 Å². The number of phenols is 1. The number of rotatable bonds is 5. The molecule has 3 heterocycles. The van der Waals surface area contributed by atoms with E-state index in [0.29, 0.717) is 10.8 Å². The van der Waals surface area contributed by atoms with Crippen LogP contribution in [0.4, 0.5) is 5.69 Å². The molecule has 0 unspecified atom stereocenters. The molecule has 4 aromatic rings. The number of nitrogens with zero attached hydrogens (tertiary/aromatic N) is 3. The van der Waals surface area contributed by atoms with E-state index in [1.165, 1.54) is 0 Å². The van der Waals surface area contributed by atoms with Crippen molar-refractivity contribution < 1.29 is 9.84 Å². The van der Waals surface area contributed by atoms with Crippen molar-refractivity contribution in [2.75, 3.05) is 12.0 Å². The number of anilines is 1. The summed E-state index contributed by atoms with van der Waals surface area (Å²) < 4.78 is 7.55. The second-order valence-corrected chi connectivity index (χ2v) is 7.88. The highest BCUT2D eigenvalue weighted by Crippen LogP contribution is 2.44. The van der Waals surface area contributed by atoms with Crippen LogP contribution in [0.5, 0.6) is 11.5 Å². The number of hydrogen-bond donors (Lipinski definition) is 2. The monoisotopic (exact) mass is 442 g/mol. The van der Waals surface area contributed by atoms with Crippen molar-refractivity contribution in [1.82, 2.24) is 14.9 Å². The summed E-state index contributed by atoms with van der Waals surface area (Å²) in [5.41, 5.74) is 3.49. The third-order valence-electron chi connectivity index (χ3n) is 5.65. The summed E-state index contributed by atoms with van der Waals surface area (Å²) in [5, 5.41) is 14.6. The van der Waals surface area contributed by atoms with Gasteiger partial charge in [0, 0.05) is 29.8 Å². The van der Waals surface area contributed by atoms with Crippen LogP contribution < -0.4 is 15.0 Å². The maximum absolute atomic E-state index is 10.6. The lowest BCUT2D eigenvalue weighted by Gasteiger charge is -2.29. The van der Waals surface area contributed by atoms with E-state index in [0.717, 1.165) is 22.8 Å². The van der Waals surface area contributed by atoms with Gasteiger partial charge < -0.3 is 24.6 Å². The number of nitrogens with one attached hydrogen (secondary N) is 1. The summed E-state index contributed by atoms with van der Waals surface area (Å²) in [4.78, 5) is 6.56. The number of aromatic hydroxyl groups is 1. The Morgan fingerprint density at radius 3 is 2.62 bits per heavy atom. The van der Waals surface area contributed by atoms with Crippen LogP contribution in [0.15, 0.2) is 91.3 Å². The molecule has 0 amide bonds. The normalized spacial score (nSPS) is 17.9. The fourth-order valence-corrected chi connectivity index (χ4v) is 4.55. The van der Waals surface area contributed by atoms with Gasteiger partial charge >= 0.3 is 0 Å². The molecule has 1 fully saturated rings. The summed E-state index contributed by atoms with van der Waals surface area (Å²) in [7, 11) is 1.66. The van der Waals surface area contributed by atoms with Gasteiger partial charge in [0.15, 0.2) is 5.11 Å². The number of aromatic nitrogens is 2. The zero-order chi connectivity index (χ0) is 22.1. The highest BCUT2D eigenvalue weighted by molar-refractivity contribution is 7.80. The highest BCUT2D eigenvalue weighted by Gasteiger charge is 2.42. The quantitative estimate of drug-likeness (QED) is 0.435. The average molecular weight is 443 g/mol. The minimum absolute atomic E-state index is 0.169. The van der Waals surface area contributed by atoms with Gasteiger partial charge in [-0.1, -0.05) is 24.3 Å². The van der Waals surface area contributed by atoms with Gasteiger partial charge in [-0.2, -0.15) is 0 Å². The maximum Gasteiger partial charge on any atom is 0.174 e. The Kier molecular flexibility index (Phi) is 5.25. The van der Waals surface area contributed by atoms with Gasteiger partial charge in [-0.05, 0) is 60.7 Å². The second-order valence-electron chi connectivity index (χ2n) is 7.49. The molecule has 7 heteroatoms. The van der Waals surface area contributed by atoms with Crippen molar-refractivity contribution in [3.63, 3.8) is 0 Å². The summed E-state index contributed by atoms with van der Waals surface area (Å²) in [6.07, 6.45) is 3.80. The highest BCUT2D eigenvalue weighted by atomic mass is 32.1. The number of pyridine rings is 1. The molecule has 0 saturated carbocycles. The molecule has 32 heavy (non-hydrogen) atoms. The minimum Gasteiger partial charge on any atom is -0.506 e. The number of benzene rings is 2. The number of ether oxygens (including phenoxy) is 1. The third kappa shape index (κ3) is 3.46. The molecule has 1 aliphatic heterocycles. The average Bonchev–Trinajstić information content (AvgIpc) is 3.44. The number of hydrogen-bond acceptors (Lipinski definition) is 4. The SMILES string of the molecule is COc1cccc(-n2cccc2[C@H]2[C@@H](c3ccccn3)NC(=S)N2c2ccccc2O)c1. The van der Waals surface area contributed by atoms with Crippen molar-refractivity contribution in [3.8, 4) is 17.2 Å². The molecule has 1 saturated heterocycles. The van der Waals surface area contributed by atoms with Crippen molar-refractivity contribution in [1.29, 1.82) is 0 Å². The van der Waals surface area contributed by atoms with E-state index >= 15 is 0 Å². The van der Waals surface area contributed by atoms with Gasteiger partial charge in [0.25, 0.3) is 0 Å². The Hall–Kier alpha value is -3.84. The molecule has 0 spiro atoms. The fourth-order valence-electron chi connectivity index (χ4n) is 4.21. The van der Waals surface area contributed by atoms with Crippen LogP contribution in [0, 0.1) is 0 Å². The van der Waals surface area contributed by atoms with E-state index in [9.17, 15) is 5.11 Å². The summed E-state index contributed by atoms with van der Waals surface area (Å²) in [6.45, 7) is 0. The van der Waals surface area contributed by atoms with Gasteiger partial charge in [-0.3, -0.25) is 4.98 Å². The Bertz CT molecular complexity index is 1260.